The van der Waals surface area contributed by atoms with Gasteiger partial charge in [0, 0.05) is 37.4 Å². The van der Waals surface area contributed by atoms with Crippen LogP contribution in [-0.2, 0) is 11.8 Å². The standard InChI is InChI=1S/C14H21BrNOPS2/c1-2-18(19,17-14-11-7-4-8-12-14)16(20-15)13-9-5-3-6-10-13/h4,7-8,11-13H,2-3,5-6,9-10H2,1H3. The van der Waals surface area contributed by atoms with Crippen molar-refractivity contribution in [2.45, 2.75) is 45.1 Å². The maximum Gasteiger partial charge on any atom is 0.191 e. The molecule has 0 heterocycles. The van der Waals surface area contributed by atoms with Crippen LogP contribution in [0.5, 0.6) is 5.75 Å². The zero-order chi connectivity index (χ0) is 14.4. The number of hydrogen-bond donors (Lipinski definition) is 0. The molecule has 0 radical (unpaired) electrons. The molecule has 2 nitrogen and oxygen atoms in total. The third-order valence-electron chi connectivity index (χ3n) is 3.65. The van der Waals surface area contributed by atoms with Crippen molar-refractivity contribution in [3.05, 3.63) is 30.3 Å². The van der Waals surface area contributed by atoms with Crippen LogP contribution < -0.4 is 4.52 Å². The summed E-state index contributed by atoms with van der Waals surface area (Å²) >= 11 is 9.52. The van der Waals surface area contributed by atoms with E-state index < -0.39 is 6.42 Å². The topological polar surface area (TPSA) is 12.5 Å². The van der Waals surface area contributed by atoms with E-state index in [1.54, 1.807) is 10.4 Å². The van der Waals surface area contributed by atoms with E-state index in [2.05, 4.69) is 25.8 Å². The van der Waals surface area contributed by atoms with Gasteiger partial charge in [-0.2, -0.15) is 4.08 Å². The molecule has 0 N–H and O–H groups in total. The van der Waals surface area contributed by atoms with Crippen LogP contribution in [0, 0.1) is 0 Å². The molecule has 0 aliphatic heterocycles. The van der Waals surface area contributed by atoms with E-state index in [1.807, 2.05) is 30.3 Å². The first-order valence-corrected chi connectivity index (χ1v) is 12.6. The van der Waals surface area contributed by atoms with E-state index in [0.29, 0.717) is 6.04 Å². The maximum atomic E-state index is 6.26. The third kappa shape index (κ3) is 4.23. The minimum atomic E-state index is -2.02. The Morgan fingerprint density at radius 3 is 2.50 bits per heavy atom. The predicted octanol–water partition coefficient (Wildman–Crippen LogP) is 5.99. The van der Waals surface area contributed by atoms with Gasteiger partial charge in [0.25, 0.3) is 0 Å². The fraction of sp³-hybridized carbons (Fsp3) is 0.571. The average molecular weight is 394 g/mol. The molecule has 1 aromatic rings. The second-order valence-electron chi connectivity index (χ2n) is 5.02. The fourth-order valence-corrected chi connectivity index (χ4v) is 9.68. The zero-order valence-corrected chi connectivity index (χ0v) is 15.8. The zero-order valence-electron chi connectivity index (χ0n) is 11.7. The largest absolute Gasteiger partial charge is 0.452 e. The highest BCUT2D eigenvalue weighted by Crippen LogP contribution is 2.58. The average Bonchev–Trinajstić information content (AvgIpc) is 2.50. The van der Waals surface area contributed by atoms with Gasteiger partial charge >= 0.3 is 0 Å². The fourth-order valence-electron chi connectivity index (χ4n) is 2.54. The smallest absolute Gasteiger partial charge is 0.191 e. The number of hydrogen-bond acceptors (Lipinski definition) is 3. The Morgan fingerprint density at radius 1 is 1.30 bits per heavy atom. The molecule has 1 fully saturated rings. The first-order chi connectivity index (χ1) is 9.69. The lowest BCUT2D eigenvalue weighted by Crippen LogP contribution is -2.30. The Balaban J connectivity index is 2.16. The van der Waals surface area contributed by atoms with Crippen molar-refractivity contribution < 1.29 is 4.52 Å². The number of halogens is 1. The van der Waals surface area contributed by atoms with Crippen LogP contribution in [0.2, 0.25) is 0 Å². The van der Waals surface area contributed by atoms with E-state index in [-0.39, 0.29) is 0 Å². The summed E-state index contributed by atoms with van der Waals surface area (Å²) < 4.78 is 8.60. The molecule has 1 aromatic carbocycles. The van der Waals surface area contributed by atoms with Crippen molar-refractivity contribution in [1.82, 2.24) is 4.08 Å². The van der Waals surface area contributed by atoms with Crippen LogP contribution in [0.3, 0.4) is 0 Å². The number of benzene rings is 1. The minimum absolute atomic E-state index is 0.544. The van der Waals surface area contributed by atoms with E-state index in [1.165, 1.54) is 32.1 Å². The van der Waals surface area contributed by atoms with E-state index in [4.69, 9.17) is 16.3 Å². The highest BCUT2D eigenvalue weighted by atomic mass is 79.9. The maximum absolute atomic E-state index is 6.26. The molecule has 0 amide bonds. The molecular weight excluding hydrogens is 373 g/mol. The molecule has 1 unspecified atom stereocenters. The summed E-state index contributed by atoms with van der Waals surface area (Å²) in [4.78, 5) is 0. The monoisotopic (exact) mass is 393 g/mol. The molecule has 0 bridgehead atoms. The van der Waals surface area contributed by atoms with Crippen LogP contribution in [0.15, 0.2) is 30.3 Å². The Hall–Kier alpha value is 0.460. The molecule has 20 heavy (non-hydrogen) atoms. The molecule has 0 spiro atoms. The highest BCUT2D eigenvalue weighted by molar-refractivity contribution is 9.50. The van der Waals surface area contributed by atoms with Crippen molar-refractivity contribution in [2.24, 2.45) is 0 Å². The van der Waals surface area contributed by atoms with Crippen LogP contribution in [0.25, 0.3) is 0 Å². The molecule has 6 heteroatoms. The molecule has 1 atom stereocenters. The van der Waals surface area contributed by atoms with Crippen molar-refractivity contribution in [1.29, 1.82) is 0 Å². The summed E-state index contributed by atoms with van der Waals surface area (Å²) in [6, 6.07) is 10.5. The van der Waals surface area contributed by atoms with Gasteiger partial charge in [-0.25, -0.2) is 0 Å². The quantitative estimate of drug-likeness (QED) is 0.434. The highest BCUT2D eigenvalue weighted by Gasteiger charge is 2.34. The van der Waals surface area contributed by atoms with Gasteiger partial charge in [0.1, 0.15) is 5.75 Å². The first-order valence-electron chi connectivity index (χ1n) is 7.11. The first kappa shape index (κ1) is 16.8. The third-order valence-corrected chi connectivity index (χ3v) is 10.8. The van der Waals surface area contributed by atoms with Crippen molar-refractivity contribution in [2.75, 3.05) is 6.16 Å². The summed E-state index contributed by atoms with van der Waals surface area (Å²) in [6.45, 7) is 2.14. The summed E-state index contributed by atoms with van der Waals surface area (Å²) in [6.07, 6.45) is 5.29. The van der Waals surface area contributed by atoms with Gasteiger partial charge in [-0.1, -0.05) is 44.4 Å². The molecule has 1 aliphatic rings. The normalized spacial score (nSPS) is 19.8. The molecule has 1 saturated carbocycles. The van der Waals surface area contributed by atoms with E-state index in [9.17, 15) is 0 Å². The molecular formula is C14H21BrNOPS2. The van der Waals surface area contributed by atoms with Gasteiger partial charge in [0.05, 0.1) is 0 Å². The van der Waals surface area contributed by atoms with Crippen molar-refractivity contribution in [3.63, 3.8) is 0 Å². The lowest BCUT2D eigenvalue weighted by atomic mass is 9.96. The Bertz CT molecular complexity index is 454. The van der Waals surface area contributed by atoms with Gasteiger partial charge < -0.3 is 4.52 Å². The van der Waals surface area contributed by atoms with Gasteiger partial charge in [0.15, 0.2) is 6.42 Å². The predicted molar refractivity (Wildman–Crippen MR) is 97.1 cm³/mol. The van der Waals surface area contributed by atoms with E-state index >= 15 is 0 Å². The van der Waals surface area contributed by atoms with Gasteiger partial charge in [0.2, 0.25) is 0 Å². The minimum Gasteiger partial charge on any atom is -0.452 e. The second-order valence-corrected chi connectivity index (χ2v) is 10.9. The lowest BCUT2D eigenvalue weighted by Gasteiger charge is -2.38. The van der Waals surface area contributed by atoms with Gasteiger partial charge in [-0.15, -0.1) is 0 Å². The summed E-state index contributed by atoms with van der Waals surface area (Å²) in [7, 11) is 1.59. The summed E-state index contributed by atoms with van der Waals surface area (Å²) in [5.41, 5.74) is 0. The summed E-state index contributed by atoms with van der Waals surface area (Å²) in [5.74, 6) is 0.889. The number of para-hydroxylation sites is 1. The molecule has 2 rings (SSSR count). The van der Waals surface area contributed by atoms with Crippen molar-refractivity contribution >= 4 is 43.4 Å². The Kier molecular flexibility index (Phi) is 6.89. The SMILES string of the molecule is CCP(=S)(Oc1ccccc1)N(SBr)C1CCCCC1. The Morgan fingerprint density at radius 2 is 1.95 bits per heavy atom. The lowest BCUT2D eigenvalue weighted by molar-refractivity contribution is 0.345. The number of rotatable bonds is 6. The number of nitrogens with zero attached hydrogens (tertiary/aromatic N) is 1. The molecule has 1 aliphatic carbocycles. The van der Waals surface area contributed by atoms with Gasteiger partial charge in [-0.05, 0) is 36.8 Å². The molecule has 0 saturated heterocycles. The second kappa shape index (κ2) is 8.19. The van der Waals surface area contributed by atoms with Crippen LogP contribution in [0.4, 0.5) is 0 Å². The van der Waals surface area contributed by atoms with E-state index in [0.717, 1.165) is 11.9 Å². The van der Waals surface area contributed by atoms with Crippen LogP contribution in [0.1, 0.15) is 39.0 Å². The van der Waals surface area contributed by atoms with Crippen LogP contribution >= 0.6 is 31.6 Å². The van der Waals surface area contributed by atoms with Crippen molar-refractivity contribution in [3.8, 4) is 5.75 Å². The molecule has 112 valence electrons. The Labute approximate surface area is 139 Å². The summed E-state index contributed by atoms with van der Waals surface area (Å²) in [5, 5.41) is 0. The van der Waals surface area contributed by atoms with Gasteiger partial charge in [-0.3, -0.25) is 0 Å². The van der Waals surface area contributed by atoms with Crippen LogP contribution in [-0.4, -0.2) is 16.3 Å². The molecule has 0 aromatic heterocycles.